The van der Waals surface area contributed by atoms with Gasteiger partial charge in [-0.1, -0.05) is 6.07 Å². The van der Waals surface area contributed by atoms with Gasteiger partial charge in [-0.3, -0.25) is 4.98 Å². The number of pyridine rings is 1. The Bertz CT molecular complexity index is 682. The summed E-state index contributed by atoms with van der Waals surface area (Å²) in [7, 11) is 0. The molecule has 0 radical (unpaired) electrons. The molecule has 3 aromatic rings. The molecular formula is C14H12FN5. The highest BCUT2D eigenvalue weighted by Crippen LogP contribution is 2.17. The van der Waals surface area contributed by atoms with Crippen molar-refractivity contribution in [3.05, 3.63) is 66.8 Å². The van der Waals surface area contributed by atoms with Gasteiger partial charge in [0.25, 0.3) is 0 Å². The summed E-state index contributed by atoms with van der Waals surface area (Å²) in [6.07, 6.45) is 6.32. The van der Waals surface area contributed by atoms with Crippen LogP contribution in [0.4, 0.5) is 10.1 Å². The molecule has 0 aliphatic heterocycles. The van der Waals surface area contributed by atoms with Gasteiger partial charge in [0.1, 0.15) is 18.3 Å². The molecule has 0 fully saturated rings. The number of nitrogens with one attached hydrogen (secondary N) is 1. The number of anilines is 1. The van der Waals surface area contributed by atoms with E-state index in [1.165, 1.54) is 23.4 Å². The average Bonchev–Trinajstić information content (AvgIpc) is 3.00. The van der Waals surface area contributed by atoms with Gasteiger partial charge in [-0.05, 0) is 29.8 Å². The zero-order valence-electron chi connectivity index (χ0n) is 10.6. The number of benzene rings is 1. The molecule has 5 nitrogen and oxygen atoms in total. The van der Waals surface area contributed by atoms with Gasteiger partial charge in [0.2, 0.25) is 0 Å². The molecular weight excluding hydrogens is 257 g/mol. The Hall–Kier alpha value is -2.76. The third kappa shape index (κ3) is 2.64. The van der Waals surface area contributed by atoms with Crippen molar-refractivity contribution in [2.24, 2.45) is 0 Å². The molecule has 0 unspecified atom stereocenters. The fraction of sp³-hybridized carbons (Fsp3) is 0.0714. The fourth-order valence-corrected chi connectivity index (χ4v) is 1.84. The van der Waals surface area contributed by atoms with E-state index in [-0.39, 0.29) is 5.82 Å². The van der Waals surface area contributed by atoms with E-state index in [0.29, 0.717) is 17.9 Å². The molecule has 0 bridgehead atoms. The highest BCUT2D eigenvalue weighted by Gasteiger charge is 2.06. The minimum absolute atomic E-state index is 0.355. The van der Waals surface area contributed by atoms with Crippen molar-refractivity contribution in [1.82, 2.24) is 19.7 Å². The molecule has 0 saturated carbocycles. The van der Waals surface area contributed by atoms with Crippen LogP contribution in [0.1, 0.15) is 5.56 Å². The zero-order valence-corrected chi connectivity index (χ0v) is 10.6. The van der Waals surface area contributed by atoms with E-state index in [2.05, 4.69) is 20.4 Å². The molecule has 0 amide bonds. The highest BCUT2D eigenvalue weighted by molar-refractivity contribution is 5.49. The van der Waals surface area contributed by atoms with Gasteiger partial charge < -0.3 is 5.32 Å². The van der Waals surface area contributed by atoms with Crippen LogP contribution < -0.4 is 5.32 Å². The van der Waals surface area contributed by atoms with Crippen LogP contribution >= 0.6 is 0 Å². The van der Waals surface area contributed by atoms with Crippen LogP contribution in [0.25, 0.3) is 5.69 Å². The summed E-state index contributed by atoms with van der Waals surface area (Å²) in [6.45, 7) is 0.593. The lowest BCUT2D eigenvalue weighted by Gasteiger charge is -2.08. The maximum atomic E-state index is 14.0. The second-order valence-corrected chi connectivity index (χ2v) is 4.22. The Balaban J connectivity index is 1.74. The van der Waals surface area contributed by atoms with Crippen LogP contribution in [-0.2, 0) is 6.54 Å². The molecule has 1 aromatic carbocycles. The summed E-state index contributed by atoms with van der Waals surface area (Å²) >= 11 is 0. The number of rotatable bonds is 4. The summed E-state index contributed by atoms with van der Waals surface area (Å²) in [6, 6.07) is 8.73. The van der Waals surface area contributed by atoms with Crippen molar-refractivity contribution < 1.29 is 4.39 Å². The SMILES string of the molecule is Fc1cc(NCc2cccnc2)ccc1-n1cncn1. The predicted molar refractivity (Wildman–Crippen MR) is 72.9 cm³/mol. The van der Waals surface area contributed by atoms with Gasteiger partial charge in [-0.15, -0.1) is 0 Å². The second kappa shape index (κ2) is 5.48. The monoisotopic (exact) mass is 269 g/mol. The average molecular weight is 269 g/mol. The molecule has 2 heterocycles. The first kappa shape index (κ1) is 12.3. The Morgan fingerprint density at radius 2 is 2.15 bits per heavy atom. The molecule has 3 rings (SSSR count). The first-order chi connectivity index (χ1) is 9.83. The normalized spacial score (nSPS) is 10.4. The van der Waals surface area contributed by atoms with Gasteiger partial charge in [0.15, 0.2) is 5.82 Å². The number of halogens is 1. The van der Waals surface area contributed by atoms with Crippen molar-refractivity contribution in [2.75, 3.05) is 5.32 Å². The van der Waals surface area contributed by atoms with Crippen molar-refractivity contribution in [3.63, 3.8) is 0 Å². The maximum Gasteiger partial charge on any atom is 0.150 e. The topological polar surface area (TPSA) is 55.6 Å². The molecule has 1 N–H and O–H groups in total. The van der Waals surface area contributed by atoms with Crippen LogP contribution in [0.5, 0.6) is 0 Å². The summed E-state index contributed by atoms with van der Waals surface area (Å²) in [5.41, 5.74) is 2.11. The van der Waals surface area contributed by atoms with Crippen LogP contribution in [0, 0.1) is 5.82 Å². The van der Waals surface area contributed by atoms with Crippen LogP contribution in [0.2, 0.25) is 0 Å². The summed E-state index contributed by atoms with van der Waals surface area (Å²) in [4.78, 5) is 7.83. The van der Waals surface area contributed by atoms with Gasteiger partial charge in [0.05, 0.1) is 0 Å². The number of aromatic nitrogens is 4. The van der Waals surface area contributed by atoms with Crippen LogP contribution in [-0.4, -0.2) is 19.7 Å². The Morgan fingerprint density at radius 1 is 1.20 bits per heavy atom. The first-order valence-corrected chi connectivity index (χ1v) is 6.10. The lowest BCUT2D eigenvalue weighted by Crippen LogP contribution is -2.02. The van der Waals surface area contributed by atoms with E-state index in [9.17, 15) is 4.39 Å². The highest BCUT2D eigenvalue weighted by atomic mass is 19.1. The van der Waals surface area contributed by atoms with Crippen molar-refractivity contribution in [2.45, 2.75) is 6.54 Å². The number of nitrogens with zero attached hydrogens (tertiary/aromatic N) is 4. The van der Waals surface area contributed by atoms with E-state index < -0.39 is 0 Å². The Morgan fingerprint density at radius 3 is 2.85 bits per heavy atom. The van der Waals surface area contributed by atoms with Crippen molar-refractivity contribution >= 4 is 5.69 Å². The lowest BCUT2D eigenvalue weighted by molar-refractivity contribution is 0.611. The smallest absolute Gasteiger partial charge is 0.150 e. The van der Waals surface area contributed by atoms with Crippen molar-refractivity contribution in [1.29, 1.82) is 0 Å². The molecule has 0 aliphatic carbocycles. The summed E-state index contributed by atoms with van der Waals surface area (Å²) in [5.74, 6) is -0.355. The molecule has 0 atom stereocenters. The minimum Gasteiger partial charge on any atom is -0.381 e. The van der Waals surface area contributed by atoms with E-state index in [1.54, 1.807) is 24.5 Å². The van der Waals surface area contributed by atoms with E-state index in [1.807, 2.05) is 12.1 Å². The third-order valence-electron chi connectivity index (χ3n) is 2.83. The number of hydrogen-bond donors (Lipinski definition) is 1. The third-order valence-corrected chi connectivity index (χ3v) is 2.83. The summed E-state index contributed by atoms with van der Waals surface area (Å²) < 4.78 is 15.4. The molecule has 2 aromatic heterocycles. The predicted octanol–water partition coefficient (Wildman–Crippen LogP) is 2.41. The first-order valence-electron chi connectivity index (χ1n) is 6.10. The Labute approximate surface area is 115 Å². The second-order valence-electron chi connectivity index (χ2n) is 4.22. The quantitative estimate of drug-likeness (QED) is 0.790. The molecule has 0 aliphatic rings. The molecule has 0 spiro atoms. The largest absolute Gasteiger partial charge is 0.381 e. The van der Waals surface area contributed by atoms with Crippen molar-refractivity contribution in [3.8, 4) is 5.69 Å². The molecule has 100 valence electrons. The number of hydrogen-bond acceptors (Lipinski definition) is 4. The van der Waals surface area contributed by atoms with E-state index >= 15 is 0 Å². The van der Waals surface area contributed by atoms with E-state index in [4.69, 9.17) is 0 Å². The minimum atomic E-state index is -0.355. The van der Waals surface area contributed by atoms with Gasteiger partial charge in [0, 0.05) is 24.6 Å². The van der Waals surface area contributed by atoms with Crippen LogP contribution in [0.15, 0.2) is 55.4 Å². The molecule has 0 saturated heterocycles. The fourth-order valence-electron chi connectivity index (χ4n) is 1.84. The standard InChI is InChI=1S/C14H12FN5/c15-13-6-12(18-8-11-2-1-5-16-7-11)3-4-14(13)20-10-17-9-19-20/h1-7,9-10,18H,8H2. The lowest BCUT2D eigenvalue weighted by atomic mass is 10.2. The van der Waals surface area contributed by atoms with Gasteiger partial charge >= 0.3 is 0 Å². The van der Waals surface area contributed by atoms with Gasteiger partial charge in [-0.25, -0.2) is 14.1 Å². The zero-order chi connectivity index (χ0) is 13.8. The van der Waals surface area contributed by atoms with Crippen LogP contribution in [0.3, 0.4) is 0 Å². The Kier molecular flexibility index (Phi) is 3.36. The molecule has 6 heteroatoms. The maximum absolute atomic E-state index is 14.0. The summed E-state index contributed by atoms with van der Waals surface area (Å²) in [5, 5.41) is 7.06. The van der Waals surface area contributed by atoms with E-state index in [0.717, 1.165) is 5.56 Å². The molecule has 20 heavy (non-hydrogen) atoms. The van der Waals surface area contributed by atoms with Gasteiger partial charge in [-0.2, -0.15) is 5.10 Å².